The van der Waals surface area contributed by atoms with Crippen LogP contribution in [0.2, 0.25) is 10.0 Å². The molecule has 1 amide bonds. The predicted octanol–water partition coefficient (Wildman–Crippen LogP) is 3.51. The summed E-state index contributed by atoms with van der Waals surface area (Å²) in [5.74, 6) is -0.556. The molecule has 0 heterocycles. The number of amides is 1. The van der Waals surface area contributed by atoms with Crippen LogP contribution in [0.15, 0.2) is 35.2 Å². The van der Waals surface area contributed by atoms with Gasteiger partial charge in [0.05, 0.1) is 15.6 Å². The molecule has 8 heteroatoms. The van der Waals surface area contributed by atoms with Crippen molar-refractivity contribution in [2.45, 2.75) is 18.7 Å². The molecule has 3 N–H and O–H groups in total. The van der Waals surface area contributed by atoms with Gasteiger partial charge in [0.1, 0.15) is 4.90 Å². The number of rotatable bonds is 3. The van der Waals surface area contributed by atoms with Crippen molar-refractivity contribution >= 4 is 44.8 Å². The van der Waals surface area contributed by atoms with E-state index in [0.717, 1.165) is 17.2 Å². The number of benzene rings is 2. The number of sulfonamides is 1. The van der Waals surface area contributed by atoms with E-state index in [1.54, 1.807) is 12.1 Å². The summed E-state index contributed by atoms with van der Waals surface area (Å²) in [5.41, 5.74) is 2.64. The highest BCUT2D eigenvalue weighted by atomic mass is 35.5. The van der Waals surface area contributed by atoms with Gasteiger partial charge in [-0.3, -0.25) is 4.79 Å². The number of aryl methyl sites for hydroxylation is 2. The van der Waals surface area contributed by atoms with Crippen LogP contribution >= 0.6 is 23.2 Å². The zero-order valence-corrected chi connectivity index (χ0v) is 14.7. The summed E-state index contributed by atoms with van der Waals surface area (Å²) in [6.45, 7) is 3.87. The molecule has 0 fully saturated rings. The van der Waals surface area contributed by atoms with Crippen molar-refractivity contribution in [3.05, 3.63) is 57.1 Å². The van der Waals surface area contributed by atoms with Crippen LogP contribution < -0.4 is 10.5 Å². The molecule has 0 spiro atoms. The van der Waals surface area contributed by atoms with Gasteiger partial charge in [0, 0.05) is 5.69 Å². The van der Waals surface area contributed by atoms with Gasteiger partial charge in [-0.2, -0.15) is 0 Å². The van der Waals surface area contributed by atoms with Crippen molar-refractivity contribution in [2.24, 2.45) is 5.14 Å². The number of hydrogen-bond donors (Lipinski definition) is 2. The molecule has 5 nitrogen and oxygen atoms in total. The van der Waals surface area contributed by atoms with E-state index in [0.29, 0.717) is 5.69 Å². The van der Waals surface area contributed by atoms with E-state index in [1.165, 1.54) is 6.07 Å². The van der Waals surface area contributed by atoms with Gasteiger partial charge < -0.3 is 5.32 Å². The highest BCUT2D eigenvalue weighted by molar-refractivity contribution is 7.89. The van der Waals surface area contributed by atoms with E-state index in [9.17, 15) is 13.2 Å². The van der Waals surface area contributed by atoms with Crippen molar-refractivity contribution in [2.75, 3.05) is 5.32 Å². The van der Waals surface area contributed by atoms with E-state index >= 15 is 0 Å². The van der Waals surface area contributed by atoms with Gasteiger partial charge in [-0.1, -0.05) is 29.3 Å². The summed E-state index contributed by atoms with van der Waals surface area (Å²) in [6.07, 6.45) is 0. The average molecular weight is 373 g/mol. The van der Waals surface area contributed by atoms with E-state index in [-0.39, 0.29) is 20.5 Å². The second-order valence-corrected chi connectivity index (χ2v) is 7.40. The topological polar surface area (TPSA) is 89.3 Å². The molecule has 0 unspecified atom stereocenters. The Morgan fingerprint density at radius 1 is 1.04 bits per heavy atom. The number of nitrogens with one attached hydrogen (secondary N) is 1. The first kappa shape index (κ1) is 17.7. The molecule has 2 rings (SSSR count). The Morgan fingerprint density at radius 2 is 1.70 bits per heavy atom. The minimum absolute atomic E-state index is 0.0293. The monoisotopic (exact) mass is 372 g/mol. The minimum atomic E-state index is -4.06. The molecule has 2 aromatic rings. The number of primary sulfonamides is 1. The van der Waals surface area contributed by atoms with Gasteiger partial charge in [-0.05, 0) is 49.2 Å². The molecular weight excluding hydrogens is 359 g/mol. The SMILES string of the molecule is Cc1ccc(NC(=O)c2cc(S(N)(=O)=O)c(Cl)cc2Cl)cc1C. The highest BCUT2D eigenvalue weighted by Gasteiger charge is 2.20. The quantitative estimate of drug-likeness (QED) is 0.863. The normalized spacial score (nSPS) is 11.3. The number of carbonyl (C=O) groups is 1. The Balaban J connectivity index is 2.41. The number of nitrogens with two attached hydrogens (primary N) is 1. The molecule has 122 valence electrons. The van der Waals surface area contributed by atoms with Gasteiger partial charge in [0.25, 0.3) is 5.91 Å². The van der Waals surface area contributed by atoms with Crippen LogP contribution in [0.25, 0.3) is 0 Å². The molecule has 0 bridgehead atoms. The molecule has 23 heavy (non-hydrogen) atoms. The van der Waals surface area contributed by atoms with E-state index in [1.807, 2.05) is 19.9 Å². The summed E-state index contributed by atoms with van der Waals surface area (Å²) >= 11 is 11.8. The van der Waals surface area contributed by atoms with Gasteiger partial charge in [-0.15, -0.1) is 0 Å². The van der Waals surface area contributed by atoms with Crippen LogP contribution in [-0.4, -0.2) is 14.3 Å². The van der Waals surface area contributed by atoms with Crippen LogP contribution in [0, 0.1) is 13.8 Å². The third-order valence-corrected chi connectivity index (χ3v) is 5.03. The second-order valence-electron chi connectivity index (χ2n) is 5.06. The summed E-state index contributed by atoms with van der Waals surface area (Å²) in [6, 6.07) is 7.65. The maximum Gasteiger partial charge on any atom is 0.257 e. The molecule has 0 saturated carbocycles. The predicted molar refractivity (Wildman–Crippen MR) is 91.7 cm³/mol. The first-order valence-electron chi connectivity index (χ1n) is 6.50. The first-order chi connectivity index (χ1) is 10.6. The highest BCUT2D eigenvalue weighted by Crippen LogP contribution is 2.28. The Bertz CT molecular complexity index is 896. The van der Waals surface area contributed by atoms with Crippen molar-refractivity contribution in [1.82, 2.24) is 0 Å². The van der Waals surface area contributed by atoms with Gasteiger partial charge in [0.2, 0.25) is 10.0 Å². The van der Waals surface area contributed by atoms with E-state index in [2.05, 4.69) is 5.32 Å². The molecular formula is C15H14Cl2N2O3S. The molecule has 0 atom stereocenters. The molecule has 0 aliphatic carbocycles. The number of hydrogen-bond acceptors (Lipinski definition) is 3. The number of carbonyl (C=O) groups excluding carboxylic acids is 1. The van der Waals surface area contributed by atoms with Crippen molar-refractivity contribution in [3.8, 4) is 0 Å². The van der Waals surface area contributed by atoms with Gasteiger partial charge in [-0.25, -0.2) is 13.6 Å². The Kier molecular flexibility index (Phi) is 5.01. The molecule has 0 saturated heterocycles. The van der Waals surface area contributed by atoms with Crippen molar-refractivity contribution in [3.63, 3.8) is 0 Å². The minimum Gasteiger partial charge on any atom is -0.322 e. The fourth-order valence-corrected chi connectivity index (χ4v) is 3.34. The molecule has 2 aromatic carbocycles. The third-order valence-electron chi connectivity index (χ3n) is 3.34. The molecule has 0 aliphatic rings. The maximum absolute atomic E-state index is 12.3. The smallest absolute Gasteiger partial charge is 0.257 e. The van der Waals surface area contributed by atoms with E-state index < -0.39 is 15.9 Å². The maximum atomic E-state index is 12.3. The fraction of sp³-hybridized carbons (Fsp3) is 0.133. The lowest BCUT2D eigenvalue weighted by atomic mass is 10.1. The van der Waals surface area contributed by atoms with Crippen LogP contribution in [-0.2, 0) is 10.0 Å². The summed E-state index contributed by atoms with van der Waals surface area (Å²) in [7, 11) is -4.06. The lowest BCUT2D eigenvalue weighted by molar-refractivity contribution is 0.102. The number of halogens is 2. The largest absolute Gasteiger partial charge is 0.322 e. The lowest BCUT2D eigenvalue weighted by Gasteiger charge is -2.11. The zero-order valence-electron chi connectivity index (χ0n) is 12.4. The van der Waals surface area contributed by atoms with Crippen LogP contribution in [0.3, 0.4) is 0 Å². The lowest BCUT2D eigenvalue weighted by Crippen LogP contribution is -2.17. The second kappa shape index (κ2) is 6.49. The standard InChI is InChI=1S/C15H14Cl2N2O3S/c1-8-3-4-10(5-9(8)2)19-15(20)11-6-14(23(18,21)22)13(17)7-12(11)16/h3-7H,1-2H3,(H,19,20)(H2,18,21,22). The van der Waals surface area contributed by atoms with Crippen molar-refractivity contribution < 1.29 is 13.2 Å². The van der Waals surface area contributed by atoms with Crippen molar-refractivity contribution in [1.29, 1.82) is 0 Å². The molecule has 0 aliphatic heterocycles. The summed E-state index contributed by atoms with van der Waals surface area (Å²) < 4.78 is 23.0. The third kappa shape index (κ3) is 4.03. The number of anilines is 1. The fourth-order valence-electron chi connectivity index (χ4n) is 1.94. The van der Waals surface area contributed by atoms with Gasteiger partial charge >= 0.3 is 0 Å². The van der Waals surface area contributed by atoms with Crippen LogP contribution in [0.4, 0.5) is 5.69 Å². The van der Waals surface area contributed by atoms with Crippen LogP contribution in [0.1, 0.15) is 21.5 Å². The Morgan fingerprint density at radius 3 is 2.26 bits per heavy atom. The Hall–Kier alpha value is -1.60. The molecule has 0 aromatic heterocycles. The average Bonchev–Trinajstić information content (AvgIpc) is 2.41. The summed E-state index contributed by atoms with van der Waals surface area (Å²) in [5, 5.41) is 7.63. The zero-order chi connectivity index (χ0) is 17.4. The summed E-state index contributed by atoms with van der Waals surface area (Å²) in [4.78, 5) is 12.0. The van der Waals surface area contributed by atoms with E-state index in [4.69, 9.17) is 28.3 Å². The Labute approximate surface area is 144 Å². The first-order valence-corrected chi connectivity index (χ1v) is 8.80. The van der Waals surface area contributed by atoms with Crippen LogP contribution in [0.5, 0.6) is 0 Å². The van der Waals surface area contributed by atoms with Gasteiger partial charge in [0.15, 0.2) is 0 Å². The molecule has 0 radical (unpaired) electrons.